The van der Waals surface area contributed by atoms with E-state index in [1.54, 1.807) is 0 Å². The topological polar surface area (TPSA) is 140 Å². The molecule has 0 aromatic carbocycles. The van der Waals surface area contributed by atoms with Crippen LogP contribution in [0.4, 0.5) is 0 Å². The summed E-state index contributed by atoms with van der Waals surface area (Å²) in [4.78, 5) is 0. The first-order chi connectivity index (χ1) is 19.9. The Hall–Kier alpha value is -0.580. The highest BCUT2D eigenvalue weighted by Crippen LogP contribution is 2.75. The fraction of sp³-hybridized carbons (Fsp3) is 0.943. The van der Waals surface area contributed by atoms with Gasteiger partial charge >= 0.3 is 0 Å². The lowest BCUT2D eigenvalue weighted by atomic mass is 9.33. The first-order valence-corrected chi connectivity index (χ1v) is 16.9. The summed E-state index contributed by atoms with van der Waals surface area (Å²) in [5, 5.41) is 64.4. The van der Waals surface area contributed by atoms with E-state index in [1.807, 2.05) is 0 Å². The monoisotopic (exact) mass is 606 g/mol. The minimum atomic E-state index is -1.40. The zero-order valence-corrected chi connectivity index (χ0v) is 27.4. The van der Waals surface area contributed by atoms with Crippen LogP contribution in [0.5, 0.6) is 0 Å². The second-order valence-electron chi connectivity index (χ2n) is 17.5. The van der Waals surface area contributed by atoms with E-state index in [0.29, 0.717) is 5.92 Å². The molecule has 0 aromatic rings. The van der Waals surface area contributed by atoms with Crippen LogP contribution in [0.25, 0.3) is 0 Å². The van der Waals surface area contributed by atoms with Crippen LogP contribution < -0.4 is 0 Å². The number of aliphatic hydroxyl groups is 6. The van der Waals surface area contributed by atoms with E-state index in [0.717, 1.165) is 51.4 Å². The first kappa shape index (κ1) is 32.4. The maximum absolute atomic E-state index is 11.8. The van der Waals surface area contributed by atoms with Gasteiger partial charge in [0, 0.05) is 10.8 Å². The van der Waals surface area contributed by atoms with E-state index < -0.39 is 59.2 Å². The Morgan fingerprint density at radius 1 is 0.837 bits per heavy atom. The number of allylic oxidation sites excluding steroid dienone is 2. The molecule has 246 valence electrons. The molecule has 0 amide bonds. The van der Waals surface area contributed by atoms with Gasteiger partial charge in [-0.15, -0.1) is 0 Å². The van der Waals surface area contributed by atoms with Crippen molar-refractivity contribution in [1.82, 2.24) is 0 Å². The lowest BCUT2D eigenvalue weighted by Crippen LogP contribution is -2.68. The Balaban J connectivity index is 1.36. The first-order valence-electron chi connectivity index (χ1n) is 16.9. The third kappa shape index (κ3) is 4.23. The minimum absolute atomic E-state index is 0.0187. The van der Waals surface area contributed by atoms with Crippen LogP contribution in [-0.4, -0.2) is 86.8 Å². The van der Waals surface area contributed by atoms with Gasteiger partial charge in [0.1, 0.15) is 18.3 Å². The van der Waals surface area contributed by atoms with Gasteiger partial charge in [0.2, 0.25) is 0 Å². The summed E-state index contributed by atoms with van der Waals surface area (Å²) < 4.78 is 12.2. The smallest absolute Gasteiger partial charge is 0.186 e. The van der Waals surface area contributed by atoms with Crippen LogP contribution >= 0.6 is 0 Å². The summed E-state index contributed by atoms with van der Waals surface area (Å²) >= 11 is 0. The van der Waals surface area contributed by atoms with Crippen molar-refractivity contribution in [2.45, 2.75) is 143 Å². The van der Waals surface area contributed by atoms with Crippen molar-refractivity contribution in [3.63, 3.8) is 0 Å². The van der Waals surface area contributed by atoms with Crippen molar-refractivity contribution in [3.05, 3.63) is 11.6 Å². The Morgan fingerprint density at radius 2 is 1.53 bits per heavy atom. The fourth-order valence-electron chi connectivity index (χ4n) is 11.9. The van der Waals surface area contributed by atoms with Crippen molar-refractivity contribution in [3.8, 4) is 0 Å². The van der Waals surface area contributed by atoms with Gasteiger partial charge in [0.25, 0.3) is 0 Å². The van der Waals surface area contributed by atoms with Gasteiger partial charge < -0.3 is 40.1 Å². The van der Waals surface area contributed by atoms with Gasteiger partial charge in [0.05, 0.1) is 31.5 Å². The zero-order chi connectivity index (χ0) is 31.5. The molecular weight excluding hydrogens is 548 g/mol. The summed E-state index contributed by atoms with van der Waals surface area (Å²) in [6.07, 6.45) is 2.98. The Labute approximate surface area is 257 Å². The molecule has 1 aliphatic heterocycles. The van der Waals surface area contributed by atoms with E-state index in [4.69, 9.17) is 9.47 Å². The largest absolute Gasteiger partial charge is 0.396 e. The second kappa shape index (κ2) is 10.2. The molecule has 8 nitrogen and oxygen atoms in total. The summed E-state index contributed by atoms with van der Waals surface area (Å²) in [6, 6.07) is 0. The van der Waals surface area contributed by atoms with E-state index >= 15 is 0 Å². The van der Waals surface area contributed by atoms with Gasteiger partial charge in [-0.25, -0.2) is 0 Å². The molecule has 6 rings (SSSR count). The number of hydrogen-bond acceptors (Lipinski definition) is 8. The average molecular weight is 607 g/mol. The van der Waals surface area contributed by atoms with Gasteiger partial charge in [-0.3, -0.25) is 0 Å². The number of ether oxygens (including phenoxy) is 2. The minimum Gasteiger partial charge on any atom is -0.396 e. The number of fused-ring (bicyclic) bond motifs is 7. The second-order valence-corrected chi connectivity index (χ2v) is 17.5. The average Bonchev–Trinajstić information content (AvgIpc) is 2.95. The highest BCUT2D eigenvalue weighted by atomic mass is 16.7. The Bertz CT molecular complexity index is 1130. The summed E-state index contributed by atoms with van der Waals surface area (Å²) in [6.45, 7) is 15.8. The van der Waals surface area contributed by atoms with Gasteiger partial charge in [-0.05, 0) is 90.8 Å². The Kier molecular flexibility index (Phi) is 7.68. The van der Waals surface area contributed by atoms with E-state index in [9.17, 15) is 30.6 Å². The molecule has 6 aliphatic rings. The molecule has 0 radical (unpaired) electrons. The summed E-state index contributed by atoms with van der Waals surface area (Å²) in [5.41, 5.74) is 0.203. The summed E-state index contributed by atoms with van der Waals surface area (Å²) in [5.74, 6) is 0.893. The molecule has 0 bridgehead atoms. The molecule has 0 unspecified atom stereocenters. The van der Waals surface area contributed by atoms with Crippen molar-refractivity contribution in [2.24, 2.45) is 50.2 Å². The molecule has 5 fully saturated rings. The molecule has 0 aromatic heterocycles. The van der Waals surface area contributed by atoms with Crippen LogP contribution in [0.15, 0.2) is 11.6 Å². The van der Waals surface area contributed by atoms with Gasteiger partial charge in [-0.1, -0.05) is 60.1 Å². The van der Waals surface area contributed by atoms with Crippen molar-refractivity contribution in [2.75, 3.05) is 13.2 Å². The van der Waals surface area contributed by atoms with E-state index in [2.05, 4.69) is 54.5 Å². The number of rotatable bonds is 3. The van der Waals surface area contributed by atoms with E-state index in [1.165, 1.54) is 5.57 Å². The maximum atomic E-state index is 11.8. The van der Waals surface area contributed by atoms with Crippen molar-refractivity contribution >= 4 is 0 Å². The maximum Gasteiger partial charge on any atom is 0.186 e. The van der Waals surface area contributed by atoms with Crippen LogP contribution in [0.1, 0.15) is 99.8 Å². The standard InChI is InChI=1S/C35H58O8/c1-30(2)16-20-19-8-9-23-32(4)12-11-24(38)33(5,18-36)22(32)10-13-35(23,7)34(19,6)15-14-31(20,3)28(27(30)41)43-29-26(40)25(39)21(37)17-42-29/h8,20-29,36-41H,9-18H2,1-7H3/t20-,21-,22+,23+,24-,25-,26+,27-,28+,29-,31+,32-,33+,34+,35+/m0/s1. The zero-order valence-electron chi connectivity index (χ0n) is 27.4. The molecular formula is C35H58O8. The molecule has 0 spiro atoms. The highest BCUT2D eigenvalue weighted by molar-refractivity contribution is 5.34. The molecule has 15 atom stereocenters. The van der Waals surface area contributed by atoms with Gasteiger partial charge in [-0.2, -0.15) is 0 Å². The fourth-order valence-corrected chi connectivity index (χ4v) is 11.9. The van der Waals surface area contributed by atoms with Crippen LogP contribution in [0, 0.1) is 50.2 Å². The quantitative estimate of drug-likeness (QED) is 0.268. The number of aliphatic hydroxyl groups excluding tert-OH is 6. The highest BCUT2D eigenvalue weighted by Gasteiger charge is 2.70. The third-order valence-corrected chi connectivity index (χ3v) is 15.2. The predicted octanol–water partition coefficient (Wildman–Crippen LogP) is 3.55. The SMILES string of the molecule is CC1(C)C[C@H]2C3=CC[C@@H]4[C@@]5(C)CC[C@H](O)[C@](C)(CO)[C@@H]5CC[C@@]4(C)[C@]3(C)CC[C@@]2(C)[C@H](O[C@@H]2OC[C@H](O)[C@H](O)[C@H]2O)[C@@H]1O. The Morgan fingerprint density at radius 3 is 2.21 bits per heavy atom. The van der Waals surface area contributed by atoms with Crippen molar-refractivity contribution in [1.29, 1.82) is 0 Å². The lowest BCUT2D eigenvalue weighted by Gasteiger charge is -2.72. The van der Waals surface area contributed by atoms with Crippen LogP contribution in [0.2, 0.25) is 0 Å². The molecule has 1 saturated heterocycles. The molecule has 1 heterocycles. The molecule has 6 N–H and O–H groups in total. The molecule has 5 aliphatic carbocycles. The van der Waals surface area contributed by atoms with Crippen molar-refractivity contribution < 1.29 is 40.1 Å². The lowest BCUT2D eigenvalue weighted by molar-refractivity contribution is -0.321. The number of hydrogen-bond donors (Lipinski definition) is 6. The molecule has 8 heteroatoms. The van der Waals surface area contributed by atoms with E-state index in [-0.39, 0.29) is 41.3 Å². The molecule has 4 saturated carbocycles. The van der Waals surface area contributed by atoms with Gasteiger partial charge in [0.15, 0.2) is 6.29 Å². The molecule has 43 heavy (non-hydrogen) atoms. The van der Waals surface area contributed by atoms with Crippen LogP contribution in [0.3, 0.4) is 0 Å². The normalized spacial score (nSPS) is 57.9. The predicted molar refractivity (Wildman–Crippen MR) is 162 cm³/mol. The third-order valence-electron chi connectivity index (χ3n) is 15.2. The van der Waals surface area contributed by atoms with Crippen LogP contribution in [-0.2, 0) is 9.47 Å². The summed E-state index contributed by atoms with van der Waals surface area (Å²) in [7, 11) is 0.